The highest BCUT2D eigenvalue weighted by atomic mass is 16.2. The van der Waals surface area contributed by atoms with Gasteiger partial charge in [0, 0.05) is 35.8 Å². The van der Waals surface area contributed by atoms with Crippen molar-refractivity contribution in [2.45, 2.75) is 46.0 Å². The van der Waals surface area contributed by atoms with Crippen LogP contribution in [0.3, 0.4) is 0 Å². The lowest BCUT2D eigenvalue weighted by Gasteiger charge is -2.17. The Hall–Kier alpha value is -2.63. The number of rotatable bonds is 4. The number of nitrogens with one attached hydrogen (secondary N) is 2. The average molecular weight is 354 g/mol. The normalized spacial score (nSPS) is 17.6. The first-order valence-electron chi connectivity index (χ1n) is 9.04. The summed E-state index contributed by atoms with van der Waals surface area (Å²) in [6, 6.07) is 9.78. The molecule has 0 saturated carbocycles. The molecule has 0 bridgehead atoms. The third-order valence-electron chi connectivity index (χ3n) is 4.79. The summed E-state index contributed by atoms with van der Waals surface area (Å²) in [4.78, 5) is 26.6. The number of hydrogen-bond donors (Lipinski definition) is 2. The van der Waals surface area contributed by atoms with E-state index in [0.717, 1.165) is 17.8 Å². The number of hydrogen-bond acceptors (Lipinski definition) is 3. The Balaban J connectivity index is 1.65. The first-order valence-corrected chi connectivity index (χ1v) is 9.04. The molecular weight excluding hydrogens is 328 g/mol. The number of H-pyrrole nitrogens is 1. The van der Waals surface area contributed by atoms with Crippen LogP contribution in [0.5, 0.6) is 0 Å². The number of benzene rings is 1. The standard InChI is InChI=1S/C20H26N4O2/c1-5-13-6-8-15(9-7-13)24-12-14(10-18(24)25)19(26)21-17-11-16(22-23-17)20(2,3)4/h6-9,11,14H,5,10,12H2,1-4H3,(H2,21,22,23,26). The van der Waals surface area contributed by atoms with Gasteiger partial charge in [0.1, 0.15) is 0 Å². The van der Waals surface area contributed by atoms with Gasteiger partial charge in [-0.2, -0.15) is 5.10 Å². The van der Waals surface area contributed by atoms with Gasteiger partial charge in [0.25, 0.3) is 0 Å². The number of carbonyl (C=O) groups is 2. The maximum atomic E-state index is 12.6. The Labute approximate surface area is 154 Å². The SMILES string of the molecule is CCc1ccc(N2CC(C(=O)Nc3cc(C(C)(C)C)[nH]n3)CC2=O)cc1. The van der Waals surface area contributed by atoms with Gasteiger partial charge in [-0.1, -0.05) is 39.8 Å². The number of aryl methyl sites for hydroxylation is 1. The molecule has 1 aromatic carbocycles. The van der Waals surface area contributed by atoms with Crippen LogP contribution in [0.15, 0.2) is 30.3 Å². The van der Waals surface area contributed by atoms with Crippen LogP contribution < -0.4 is 10.2 Å². The zero-order valence-electron chi connectivity index (χ0n) is 15.8. The van der Waals surface area contributed by atoms with Crippen LogP contribution >= 0.6 is 0 Å². The maximum absolute atomic E-state index is 12.6. The molecule has 0 aliphatic carbocycles. The molecule has 6 heteroatoms. The quantitative estimate of drug-likeness (QED) is 0.884. The third-order valence-corrected chi connectivity index (χ3v) is 4.79. The number of aromatic nitrogens is 2. The molecule has 2 amide bonds. The number of amides is 2. The van der Waals surface area contributed by atoms with Gasteiger partial charge in [-0.05, 0) is 24.1 Å². The Bertz CT molecular complexity index is 802. The van der Waals surface area contributed by atoms with E-state index in [0.29, 0.717) is 12.4 Å². The number of carbonyl (C=O) groups excluding carboxylic acids is 2. The van der Waals surface area contributed by atoms with E-state index in [9.17, 15) is 9.59 Å². The van der Waals surface area contributed by atoms with Gasteiger partial charge in [-0.15, -0.1) is 0 Å². The first-order chi connectivity index (χ1) is 12.3. The fourth-order valence-electron chi connectivity index (χ4n) is 3.04. The lowest BCUT2D eigenvalue weighted by molar-refractivity contribution is -0.122. The molecule has 1 saturated heterocycles. The molecule has 6 nitrogen and oxygen atoms in total. The predicted octanol–water partition coefficient (Wildman–Crippen LogP) is 3.26. The van der Waals surface area contributed by atoms with Gasteiger partial charge in [-0.25, -0.2) is 0 Å². The van der Waals surface area contributed by atoms with E-state index < -0.39 is 0 Å². The highest BCUT2D eigenvalue weighted by Crippen LogP contribution is 2.27. The summed E-state index contributed by atoms with van der Waals surface area (Å²) >= 11 is 0. The topological polar surface area (TPSA) is 78.1 Å². The summed E-state index contributed by atoms with van der Waals surface area (Å²) in [5.74, 6) is -0.0638. The largest absolute Gasteiger partial charge is 0.312 e. The molecule has 1 fully saturated rings. The third kappa shape index (κ3) is 3.79. The Morgan fingerprint density at radius 1 is 1.31 bits per heavy atom. The van der Waals surface area contributed by atoms with Crippen molar-refractivity contribution in [1.29, 1.82) is 0 Å². The van der Waals surface area contributed by atoms with Crippen molar-refractivity contribution in [2.24, 2.45) is 5.92 Å². The summed E-state index contributed by atoms with van der Waals surface area (Å²) in [5, 5.41) is 9.93. The van der Waals surface area contributed by atoms with Crippen LogP contribution in [0.2, 0.25) is 0 Å². The molecule has 26 heavy (non-hydrogen) atoms. The van der Waals surface area contributed by atoms with E-state index >= 15 is 0 Å². The van der Waals surface area contributed by atoms with Crippen molar-refractivity contribution < 1.29 is 9.59 Å². The lowest BCUT2D eigenvalue weighted by atomic mass is 9.92. The van der Waals surface area contributed by atoms with E-state index in [2.05, 4.69) is 43.2 Å². The fourth-order valence-corrected chi connectivity index (χ4v) is 3.04. The maximum Gasteiger partial charge on any atom is 0.231 e. The second-order valence-corrected chi connectivity index (χ2v) is 7.83. The summed E-state index contributed by atoms with van der Waals surface area (Å²) in [6.45, 7) is 8.71. The molecule has 2 N–H and O–H groups in total. The molecule has 3 rings (SSSR count). The van der Waals surface area contributed by atoms with Crippen LogP contribution in [-0.2, 0) is 21.4 Å². The predicted molar refractivity (Wildman–Crippen MR) is 102 cm³/mol. The van der Waals surface area contributed by atoms with Gasteiger partial charge in [0.2, 0.25) is 11.8 Å². The monoisotopic (exact) mass is 354 g/mol. The molecule has 0 spiro atoms. The highest BCUT2D eigenvalue weighted by Gasteiger charge is 2.35. The van der Waals surface area contributed by atoms with Crippen LogP contribution in [0.1, 0.15) is 45.4 Å². The second-order valence-electron chi connectivity index (χ2n) is 7.83. The molecule has 1 aliphatic heterocycles. The zero-order chi connectivity index (χ0) is 18.9. The van der Waals surface area contributed by atoms with Crippen LogP contribution in [-0.4, -0.2) is 28.6 Å². The molecule has 1 atom stereocenters. The number of anilines is 2. The first kappa shape index (κ1) is 18.2. The van der Waals surface area contributed by atoms with Gasteiger partial charge in [0.15, 0.2) is 5.82 Å². The van der Waals surface area contributed by atoms with Crippen LogP contribution in [0.25, 0.3) is 0 Å². The van der Waals surface area contributed by atoms with E-state index in [1.165, 1.54) is 5.56 Å². The van der Waals surface area contributed by atoms with E-state index in [-0.39, 0.29) is 29.6 Å². The average Bonchev–Trinajstić information content (AvgIpc) is 3.21. The van der Waals surface area contributed by atoms with Crippen molar-refractivity contribution in [3.05, 3.63) is 41.6 Å². The number of aromatic amines is 1. The minimum Gasteiger partial charge on any atom is -0.312 e. The minimum atomic E-state index is -0.372. The second kappa shape index (κ2) is 6.94. The molecule has 2 heterocycles. The summed E-state index contributed by atoms with van der Waals surface area (Å²) in [6.07, 6.45) is 1.18. The fraction of sp³-hybridized carbons (Fsp3) is 0.450. The number of nitrogens with zero attached hydrogens (tertiary/aromatic N) is 2. The zero-order valence-corrected chi connectivity index (χ0v) is 15.8. The Morgan fingerprint density at radius 3 is 2.58 bits per heavy atom. The summed E-state index contributed by atoms with van der Waals surface area (Å²) in [7, 11) is 0. The highest BCUT2D eigenvalue weighted by molar-refractivity contribution is 6.03. The van der Waals surface area contributed by atoms with Gasteiger partial charge >= 0.3 is 0 Å². The van der Waals surface area contributed by atoms with Crippen LogP contribution in [0.4, 0.5) is 11.5 Å². The van der Waals surface area contributed by atoms with Gasteiger partial charge in [-0.3, -0.25) is 14.7 Å². The van der Waals surface area contributed by atoms with Crippen molar-refractivity contribution in [2.75, 3.05) is 16.8 Å². The van der Waals surface area contributed by atoms with Crippen molar-refractivity contribution in [1.82, 2.24) is 10.2 Å². The molecule has 1 aliphatic rings. The molecule has 1 unspecified atom stereocenters. The van der Waals surface area contributed by atoms with E-state index in [1.807, 2.05) is 30.3 Å². The Kier molecular flexibility index (Phi) is 4.85. The van der Waals surface area contributed by atoms with E-state index in [4.69, 9.17) is 0 Å². The minimum absolute atomic E-state index is 0.0215. The van der Waals surface area contributed by atoms with Crippen molar-refractivity contribution in [3.63, 3.8) is 0 Å². The smallest absolute Gasteiger partial charge is 0.231 e. The van der Waals surface area contributed by atoms with Crippen LogP contribution in [0, 0.1) is 5.92 Å². The van der Waals surface area contributed by atoms with Gasteiger partial charge < -0.3 is 10.2 Å². The summed E-state index contributed by atoms with van der Waals surface area (Å²) < 4.78 is 0. The van der Waals surface area contributed by atoms with Gasteiger partial charge in [0.05, 0.1) is 5.92 Å². The lowest BCUT2D eigenvalue weighted by Crippen LogP contribution is -2.28. The summed E-state index contributed by atoms with van der Waals surface area (Å²) in [5.41, 5.74) is 2.95. The van der Waals surface area contributed by atoms with Crippen molar-refractivity contribution in [3.8, 4) is 0 Å². The molecule has 138 valence electrons. The molecule has 0 radical (unpaired) electrons. The van der Waals surface area contributed by atoms with E-state index in [1.54, 1.807) is 4.90 Å². The Morgan fingerprint density at radius 2 is 2.00 bits per heavy atom. The van der Waals surface area contributed by atoms with Crippen molar-refractivity contribution >= 4 is 23.3 Å². The molecule has 2 aromatic rings. The molecular formula is C20H26N4O2. The molecule has 1 aromatic heterocycles.